The SMILES string of the molecule is CCCC(OCC)C(O)CCCC(C)C. The van der Waals surface area contributed by atoms with Gasteiger partial charge in [-0.1, -0.05) is 40.0 Å². The van der Waals surface area contributed by atoms with Crippen LogP contribution in [0.4, 0.5) is 0 Å². The van der Waals surface area contributed by atoms with Crippen molar-refractivity contribution < 1.29 is 9.84 Å². The van der Waals surface area contributed by atoms with Crippen molar-refractivity contribution in [1.29, 1.82) is 0 Å². The molecule has 0 radical (unpaired) electrons. The molecule has 0 fully saturated rings. The summed E-state index contributed by atoms with van der Waals surface area (Å²) in [6.45, 7) is 9.26. The standard InChI is InChI=1S/C13H28O2/c1-5-8-13(15-6-2)12(14)10-7-9-11(3)4/h11-14H,5-10H2,1-4H3. The van der Waals surface area contributed by atoms with Crippen molar-refractivity contribution in [2.45, 2.75) is 72.0 Å². The lowest BCUT2D eigenvalue weighted by molar-refractivity contribution is -0.0410. The highest BCUT2D eigenvalue weighted by atomic mass is 16.5. The van der Waals surface area contributed by atoms with E-state index >= 15 is 0 Å². The minimum atomic E-state index is -0.274. The van der Waals surface area contributed by atoms with Crippen LogP contribution < -0.4 is 0 Å². The van der Waals surface area contributed by atoms with Crippen molar-refractivity contribution >= 4 is 0 Å². The van der Waals surface area contributed by atoms with Crippen LogP contribution in [0, 0.1) is 5.92 Å². The van der Waals surface area contributed by atoms with Gasteiger partial charge in [0.15, 0.2) is 0 Å². The van der Waals surface area contributed by atoms with Crippen LogP contribution in [0.2, 0.25) is 0 Å². The first-order valence-corrected chi connectivity index (χ1v) is 6.41. The summed E-state index contributed by atoms with van der Waals surface area (Å²) in [5.41, 5.74) is 0. The van der Waals surface area contributed by atoms with E-state index in [1.165, 1.54) is 6.42 Å². The van der Waals surface area contributed by atoms with Crippen molar-refractivity contribution in [2.75, 3.05) is 6.61 Å². The van der Waals surface area contributed by atoms with Crippen LogP contribution in [-0.2, 0) is 4.74 Å². The van der Waals surface area contributed by atoms with E-state index in [0.29, 0.717) is 6.61 Å². The molecule has 15 heavy (non-hydrogen) atoms. The quantitative estimate of drug-likeness (QED) is 0.640. The predicted octanol–water partition coefficient (Wildman–Crippen LogP) is 3.38. The number of hydrogen-bond donors (Lipinski definition) is 1. The molecule has 0 saturated carbocycles. The first-order valence-electron chi connectivity index (χ1n) is 6.41. The van der Waals surface area contributed by atoms with Crippen molar-refractivity contribution in [3.05, 3.63) is 0 Å². The Balaban J connectivity index is 3.74. The van der Waals surface area contributed by atoms with E-state index in [1.807, 2.05) is 6.92 Å². The molecule has 0 aliphatic carbocycles. The maximum Gasteiger partial charge on any atom is 0.0833 e. The minimum Gasteiger partial charge on any atom is -0.390 e. The van der Waals surface area contributed by atoms with E-state index in [4.69, 9.17) is 4.74 Å². The molecule has 0 aromatic carbocycles. The fraction of sp³-hybridized carbons (Fsp3) is 1.00. The summed E-state index contributed by atoms with van der Waals surface area (Å²) in [4.78, 5) is 0. The van der Waals surface area contributed by atoms with Crippen molar-refractivity contribution in [2.24, 2.45) is 5.92 Å². The summed E-state index contributed by atoms with van der Waals surface area (Å²) in [7, 11) is 0. The molecule has 0 aliphatic rings. The summed E-state index contributed by atoms with van der Waals surface area (Å²) in [5, 5.41) is 9.96. The van der Waals surface area contributed by atoms with Gasteiger partial charge < -0.3 is 9.84 Å². The van der Waals surface area contributed by atoms with E-state index in [-0.39, 0.29) is 12.2 Å². The Bertz CT molecular complexity index is 128. The monoisotopic (exact) mass is 216 g/mol. The Morgan fingerprint density at radius 3 is 2.20 bits per heavy atom. The number of aliphatic hydroxyl groups is 1. The first-order chi connectivity index (χ1) is 7.11. The van der Waals surface area contributed by atoms with Crippen molar-refractivity contribution in [3.63, 3.8) is 0 Å². The maximum atomic E-state index is 9.96. The second-order valence-corrected chi connectivity index (χ2v) is 4.67. The van der Waals surface area contributed by atoms with Gasteiger partial charge in [0.25, 0.3) is 0 Å². The highest BCUT2D eigenvalue weighted by Crippen LogP contribution is 2.15. The third kappa shape index (κ3) is 7.80. The zero-order valence-corrected chi connectivity index (χ0v) is 10.8. The van der Waals surface area contributed by atoms with Gasteiger partial charge in [-0.15, -0.1) is 0 Å². The Kier molecular flexibility index (Phi) is 9.12. The molecule has 0 aromatic heterocycles. The van der Waals surface area contributed by atoms with Gasteiger partial charge in [0.1, 0.15) is 0 Å². The highest BCUT2D eigenvalue weighted by Gasteiger charge is 2.17. The molecule has 0 rings (SSSR count). The van der Waals surface area contributed by atoms with Gasteiger partial charge in [0, 0.05) is 6.61 Å². The lowest BCUT2D eigenvalue weighted by atomic mass is 10.00. The molecule has 2 nitrogen and oxygen atoms in total. The topological polar surface area (TPSA) is 29.5 Å². The number of hydrogen-bond acceptors (Lipinski definition) is 2. The number of aliphatic hydroxyl groups excluding tert-OH is 1. The molecule has 0 bridgehead atoms. The second-order valence-electron chi connectivity index (χ2n) is 4.67. The van der Waals surface area contributed by atoms with Crippen LogP contribution in [0.15, 0.2) is 0 Å². The Morgan fingerprint density at radius 1 is 1.07 bits per heavy atom. The van der Waals surface area contributed by atoms with Crippen LogP contribution in [0.5, 0.6) is 0 Å². The van der Waals surface area contributed by atoms with Gasteiger partial charge in [-0.05, 0) is 25.7 Å². The first kappa shape index (κ1) is 14.9. The van der Waals surface area contributed by atoms with E-state index in [1.54, 1.807) is 0 Å². The number of ether oxygens (including phenoxy) is 1. The van der Waals surface area contributed by atoms with E-state index in [2.05, 4.69) is 20.8 Å². The van der Waals surface area contributed by atoms with Crippen LogP contribution in [-0.4, -0.2) is 23.9 Å². The summed E-state index contributed by atoms with van der Waals surface area (Å²) in [6.07, 6.45) is 5.00. The van der Waals surface area contributed by atoms with Gasteiger partial charge in [-0.25, -0.2) is 0 Å². The van der Waals surface area contributed by atoms with Crippen LogP contribution >= 0.6 is 0 Å². The van der Waals surface area contributed by atoms with Crippen molar-refractivity contribution in [1.82, 2.24) is 0 Å². The molecule has 0 spiro atoms. The summed E-state index contributed by atoms with van der Waals surface area (Å²) in [6, 6.07) is 0. The molecule has 1 N–H and O–H groups in total. The van der Waals surface area contributed by atoms with Gasteiger partial charge in [0.2, 0.25) is 0 Å². The van der Waals surface area contributed by atoms with Gasteiger partial charge >= 0.3 is 0 Å². The largest absolute Gasteiger partial charge is 0.390 e. The molecule has 0 aromatic rings. The maximum absolute atomic E-state index is 9.96. The minimum absolute atomic E-state index is 0.0483. The Hall–Kier alpha value is -0.0800. The summed E-state index contributed by atoms with van der Waals surface area (Å²) < 4.78 is 5.55. The summed E-state index contributed by atoms with van der Waals surface area (Å²) in [5.74, 6) is 0.730. The molecule has 2 atom stereocenters. The molecule has 92 valence electrons. The molecule has 2 unspecified atom stereocenters. The molecule has 2 heteroatoms. The normalized spacial score (nSPS) is 15.6. The van der Waals surface area contributed by atoms with E-state index in [0.717, 1.165) is 31.6 Å². The fourth-order valence-electron chi connectivity index (χ4n) is 1.81. The highest BCUT2D eigenvalue weighted by molar-refractivity contribution is 4.69. The van der Waals surface area contributed by atoms with Crippen LogP contribution in [0.3, 0.4) is 0 Å². The number of rotatable bonds is 9. The van der Waals surface area contributed by atoms with Gasteiger partial charge in [-0.2, -0.15) is 0 Å². The zero-order valence-electron chi connectivity index (χ0n) is 10.8. The third-order valence-electron chi connectivity index (χ3n) is 2.66. The zero-order chi connectivity index (χ0) is 11.7. The van der Waals surface area contributed by atoms with Crippen molar-refractivity contribution in [3.8, 4) is 0 Å². The molecular formula is C13H28O2. The molecular weight excluding hydrogens is 188 g/mol. The molecule has 0 heterocycles. The van der Waals surface area contributed by atoms with Crippen LogP contribution in [0.25, 0.3) is 0 Å². The van der Waals surface area contributed by atoms with Gasteiger partial charge in [-0.3, -0.25) is 0 Å². The van der Waals surface area contributed by atoms with E-state index in [9.17, 15) is 5.11 Å². The lowest BCUT2D eigenvalue weighted by Crippen LogP contribution is -2.29. The van der Waals surface area contributed by atoms with E-state index < -0.39 is 0 Å². The average molecular weight is 216 g/mol. The Labute approximate surface area is 95.0 Å². The second kappa shape index (κ2) is 9.17. The average Bonchev–Trinajstić information content (AvgIpc) is 2.16. The predicted molar refractivity (Wildman–Crippen MR) is 65.0 cm³/mol. The van der Waals surface area contributed by atoms with Gasteiger partial charge in [0.05, 0.1) is 12.2 Å². The Morgan fingerprint density at radius 2 is 1.73 bits per heavy atom. The van der Waals surface area contributed by atoms with Crippen LogP contribution in [0.1, 0.15) is 59.8 Å². The summed E-state index contributed by atoms with van der Waals surface area (Å²) >= 11 is 0. The third-order valence-corrected chi connectivity index (χ3v) is 2.66. The fourth-order valence-corrected chi connectivity index (χ4v) is 1.81. The molecule has 0 amide bonds. The molecule has 0 saturated heterocycles. The molecule has 0 aliphatic heterocycles. The lowest BCUT2D eigenvalue weighted by Gasteiger charge is -2.22. The smallest absolute Gasteiger partial charge is 0.0833 e.